The number of likely N-dealkylation sites (N-methyl/N-ethyl adjacent to an activating group) is 1. The van der Waals surface area contributed by atoms with E-state index in [2.05, 4.69) is 79.5 Å². The predicted molar refractivity (Wildman–Crippen MR) is 211 cm³/mol. The molecule has 5 heterocycles. The van der Waals surface area contributed by atoms with E-state index in [-0.39, 0.29) is 4.48 Å². The average molecular weight is 780 g/mol. The normalized spacial score (nSPS) is 16.8. The summed E-state index contributed by atoms with van der Waals surface area (Å²) in [5.41, 5.74) is 3.41. The zero-order chi connectivity index (χ0) is 35.2. The fraction of sp³-hybridized carbons (Fsp3) is 0.270. The third kappa shape index (κ3) is 7.00. The van der Waals surface area contributed by atoms with Gasteiger partial charge >= 0.3 is 16.2 Å². The fourth-order valence-corrected chi connectivity index (χ4v) is 9.09. The number of aliphatic imine (C=N–C) groups is 1. The molecule has 14 heteroatoms. The number of anilines is 1. The van der Waals surface area contributed by atoms with Crippen LogP contribution in [-0.4, -0.2) is 74.5 Å². The summed E-state index contributed by atoms with van der Waals surface area (Å²) in [6.07, 6.45) is 9.97. The zero-order valence-corrected chi connectivity index (χ0v) is 31.5. The number of halogens is 1. The molecule has 2 N–H and O–H groups in total. The number of quaternary nitrogens is 1. The van der Waals surface area contributed by atoms with E-state index in [9.17, 15) is 5.26 Å². The number of benzene rings is 2. The summed E-state index contributed by atoms with van der Waals surface area (Å²) in [6, 6.07) is 22.3. The molecule has 6 aromatic rings. The number of rotatable bonds is 13. The van der Waals surface area contributed by atoms with Gasteiger partial charge in [0.05, 0.1) is 43.2 Å². The Morgan fingerprint density at radius 2 is 1.69 bits per heavy atom. The van der Waals surface area contributed by atoms with Gasteiger partial charge in [0.25, 0.3) is 0 Å². The first kappa shape index (κ1) is 34.8. The van der Waals surface area contributed by atoms with Crippen LogP contribution in [0, 0.1) is 11.3 Å². The van der Waals surface area contributed by atoms with Gasteiger partial charge in [-0.3, -0.25) is 4.98 Å². The van der Waals surface area contributed by atoms with E-state index in [1.807, 2.05) is 60.9 Å². The van der Waals surface area contributed by atoms with E-state index in [1.54, 1.807) is 35.1 Å². The van der Waals surface area contributed by atoms with Crippen LogP contribution >= 0.6 is 38.6 Å². The molecule has 0 radical (unpaired) electrons. The molecule has 4 aromatic heterocycles. The van der Waals surface area contributed by atoms with Gasteiger partial charge in [-0.1, -0.05) is 66.9 Å². The van der Waals surface area contributed by atoms with Crippen LogP contribution in [0.25, 0.3) is 20.4 Å². The number of nitriles is 1. The van der Waals surface area contributed by atoms with Crippen LogP contribution in [-0.2, 0) is 6.42 Å². The maximum atomic E-state index is 11.2. The highest BCUT2D eigenvalue weighted by Crippen LogP contribution is 2.49. The topological polar surface area (TPSA) is 128 Å². The SMILES string of the molecule is CCN(CC)CCNc1ncc(Br)c(C(C#N)C2C=CNC(=NCCc3cccnc3)[N+]2(c2nc3ccccc3s2)c2nc3ccccc3s2)n1. The largest absolute Gasteiger partial charge is 0.353 e. The number of guanidine groups is 1. The molecule has 0 saturated carbocycles. The molecule has 0 fully saturated rings. The minimum Gasteiger partial charge on any atom is -0.353 e. The molecule has 11 nitrogen and oxygen atoms in total. The van der Waals surface area contributed by atoms with Gasteiger partial charge < -0.3 is 15.5 Å². The van der Waals surface area contributed by atoms with Gasteiger partial charge in [-0.2, -0.15) is 15.2 Å². The summed E-state index contributed by atoms with van der Waals surface area (Å²) >= 11 is 6.89. The summed E-state index contributed by atoms with van der Waals surface area (Å²) in [5.74, 6) is 0.348. The molecule has 51 heavy (non-hydrogen) atoms. The van der Waals surface area contributed by atoms with Crippen LogP contribution in [0.1, 0.15) is 31.0 Å². The molecule has 0 saturated heterocycles. The van der Waals surface area contributed by atoms with Crippen molar-refractivity contribution in [2.45, 2.75) is 32.2 Å². The lowest BCUT2D eigenvalue weighted by molar-refractivity contribution is 0.316. The van der Waals surface area contributed by atoms with E-state index in [1.165, 1.54) is 0 Å². The number of hydrogen-bond donors (Lipinski definition) is 2. The van der Waals surface area contributed by atoms with Crippen molar-refractivity contribution in [3.63, 3.8) is 0 Å². The average Bonchev–Trinajstić information content (AvgIpc) is 3.81. The summed E-state index contributed by atoms with van der Waals surface area (Å²) in [4.78, 5) is 32.0. The Labute approximate surface area is 313 Å². The third-order valence-corrected chi connectivity index (χ3v) is 11.9. The minimum atomic E-state index is -0.758. The molecule has 2 atom stereocenters. The van der Waals surface area contributed by atoms with E-state index in [4.69, 9.17) is 19.9 Å². The molecule has 0 aliphatic carbocycles. The zero-order valence-electron chi connectivity index (χ0n) is 28.3. The number of nitrogens with one attached hydrogen (secondary N) is 2. The quantitative estimate of drug-likeness (QED) is 0.114. The first-order chi connectivity index (χ1) is 25.0. The predicted octanol–water partition coefficient (Wildman–Crippen LogP) is 7.64. The Bertz CT molecular complexity index is 2080. The molecular formula is C37H37BrN11S2+. The van der Waals surface area contributed by atoms with Crippen molar-refractivity contribution >= 4 is 81.2 Å². The Kier molecular flexibility index (Phi) is 10.7. The van der Waals surface area contributed by atoms with Crippen LogP contribution in [0.4, 0.5) is 16.2 Å². The minimum absolute atomic E-state index is 0.0123. The van der Waals surface area contributed by atoms with Crippen molar-refractivity contribution in [2.24, 2.45) is 4.99 Å². The maximum Gasteiger partial charge on any atom is 0.316 e. The van der Waals surface area contributed by atoms with Gasteiger partial charge in [-0.05, 0) is 77.4 Å². The molecule has 0 amide bonds. The Hall–Kier alpha value is -4.65. The second kappa shape index (κ2) is 15.7. The van der Waals surface area contributed by atoms with Crippen molar-refractivity contribution in [1.29, 1.82) is 5.26 Å². The van der Waals surface area contributed by atoms with Crippen molar-refractivity contribution in [1.82, 2.24) is 39.6 Å². The van der Waals surface area contributed by atoms with E-state index in [0.717, 1.165) is 55.9 Å². The number of para-hydroxylation sites is 2. The van der Waals surface area contributed by atoms with Gasteiger partial charge in [-0.25, -0.2) is 15.0 Å². The lowest BCUT2D eigenvalue weighted by Gasteiger charge is -2.41. The van der Waals surface area contributed by atoms with Crippen LogP contribution in [0.2, 0.25) is 0 Å². The van der Waals surface area contributed by atoms with Crippen molar-refractivity contribution < 1.29 is 0 Å². The van der Waals surface area contributed by atoms with Crippen LogP contribution in [0.15, 0.2) is 101 Å². The van der Waals surface area contributed by atoms with Gasteiger partial charge in [0.1, 0.15) is 5.92 Å². The fourth-order valence-electron chi connectivity index (χ4n) is 6.31. The molecule has 1 aliphatic heterocycles. The summed E-state index contributed by atoms with van der Waals surface area (Å²) < 4.78 is 2.70. The highest BCUT2D eigenvalue weighted by atomic mass is 79.9. The van der Waals surface area contributed by atoms with E-state index < -0.39 is 12.0 Å². The van der Waals surface area contributed by atoms with E-state index in [0.29, 0.717) is 41.6 Å². The van der Waals surface area contributed by atoms with Crippen LogP contribution in [0.5, 0.6) is 0 Å². The highest BCUT2D eigenvalue weighted by molar-refractivity contribution is 9.10. The van der Waals surface area contributed by atoms with Gasteiger partial charge in [-0.15, -0.1) is 4.48 Å². The smallest absolute Gasteiger partial charge is 0.316 e. The lowest BCUT2D eigenvalue weighted by Crippen LogP contribution is -2.64. The second-order valence-corrected chi connectivity index (χ2v) is 14.8. The van der Waals surface area contributed by atoms with Crippen LogP contribution in [0.3, 0.4) is 0 Å². The number of fused-ring (bicyclic) bond motifs is 2. The first-order valence-electron chi connectivity index (χ1n) is 16.9. The first-order valence-corrected chi connectivity index (χ1v) is 19.3. The van der Waals surface area contributed by atoms with Crippen molar-refractivity contribution in [3.05, 3.63) is 107 Å². The van der Waals surface area contributed by atoms with Gasteiger partial charge in [0, 0.05) is 37.9 Å². The molecule has 2 aromatic carbocycles. The molecular weight excluding hydrogens is 743 g/mol. The number of pyridine rings is 1. The highest BCUT2D eigenvalue weighted by Gasteiger charge is 2.57. The standard InChI is InChI=1S/C37H37BrN11S2/c1-3-48(4-2)21-20-41-34-44-24-27(38)33(47-34)26(22-39)30-16-19-43-35(42-18-15-25-10-9-17-40-23-25)49(30,36-45-28-11-5-7-13-31(28)50-36)37-46-29-12-6-8-14-32(29)51-37/h5-14,16-17,19,23-24,26,30H,3-4,15,18,20-21H2,1-2H3,(H,42,43)(H,41,44,47)/q+1. The lowest BCUT2D eigenvalue weighted by atomic mass is 9.93. The molecule has 1 aliphatic rings. The number of nitrogens with zero attached hydrogens (tertiary/aromatic N) is 9. The van der Waals surface area contributed by atoms with Crippen molar-refractivity contribution in [2.75, 3.05) is 38.0 Å². The van der Waals surface area contributed by atoms with Gasteiger partial charge in [0.15, 0.2) is 6.04 Å². The molecule has 7 rings (SSSR count). The summed E-state index contributed by atoms with van der Waals surface area (Å²) in [5, 5.41) is 19.6. The van der Waals surface area contributed by atoms with Crippen LogP contribution < -0.4 is 15.1 Å². The van der Waals surface area contributed by atoms with E-state index >= 15 is 0 Å². The summed E-state index contributed by atoms with van der Waals surface area (Å²) in [7, 11) is 0. The molecule has 2 unspecified atom stereocenters. The monoisotopic (exact) mass is 778 g/mol. The van der Waals surface area contributed by atoms with Gasteiger partial charge in [0.2, 0.25) is 5.95 Å². The van der Waals surface area contributed by atoms with Crippen molar-refractivity contribution in [3.8, 4) is 6.07 Å². The number of hydrogen-bond acceptors (Lipinski definition) is 11. The Morgan fingerprint density at radius 3 is 2.31 bits per heavy atom. The molecule has 0 bridgehead atoms. The Balaban J connectivity index is 1.40. The molecule has 258 valence electrons. The number of thiazole rings is 2. The Morgan fingerprint density at radius 1 is 0.980 bits per heavy atom. The third-order valence-electron chi connectivity index (χ3n) is 8.99. The molecule has 0 spiro atoms. The second-order valence-electron chi connectivity index (χ2n) is 11.9. The summed E-state index contributed by atoms with van der Waals surface area (Å²) in [6.45, 7) is 8.26. The maximum absolute atomic E-state index is 11.2. The number of aromatic nitrogens is 5.